The van der Waals surface area contributed by atoms with Gasteiger partial charge in [0.15, 0.2) is 0 Å². The molecule has 1 saturated carbocycles. The highest BCUT2D eigenvalue weighted by atomic mass is 16.5. The van der Waals surface area contributed by atoms with E-state index in [4.69, 9.17) is 4.74 Å². The molecular formula is C16H21NO3. The number of carbonyl (C=O) groups excluding carboxylic acids is 1. The molecule has 1 amide bonds. The first-order chi connectivity index (χ1) is 9.60. The highest BCUT2D eigenvalue weighted by molar-refractivity contribution is 5.92. The normalized spacial score (nSPS) is 16.1. The number of aliphatic hydroxyl groups is 1. The van der Waals surface area contributed by atoms with Gasteiger partial charge in [0.25, 0.3) is 0 Å². The van der Waals surface area contributed by atoms with Crippen LogP contribution >= 0.6 is 0 Å². The van der Waals surface area contributed by atoms with Crippen molar-refractivity contribution in [1.82, 2.24) is 5.32 Å². The van der Waals surface area contributed by atoms with Gasteiger partial charge in [-0.25, -0.2) is 0 Å². The van der Waals surface area contributed by atoms with Crippen molar-refractivity contribution >= 4 is 12.0 Å². The van der Waals surface area contributed by atoms with Gasteiger partial charge in [-0.05, 0) is 43.9 Å². The molecule has 0 aliphatic heterocycles. The molecule has 0 spiro atoms. The van der Waals surface area contributed by atoms with Crippen molar-refractivity contribution in [3.63, 3.8) is 0 Å². The van der Waals surface area contributed by atoms with Crippen molar-refractivity contribution in [1.29, 1.82) is 0 Å². The summed E-state index contributed by atoms with van der Waals surface area (Å²) in [5, 5.41) is 12.4. The molecule has 108 valence electrons. The number of ether oxygens (including phenoxy) is 1. The molecular weight excluding hydrogens is 254 g/mol. The van der Waals surface area contributed by atoms with Gasteiger partial charge >= 0.3 is 0 Å². The number of methoxy groups -OCH3 is 1. The Labute approximate surface area is 119 Å². The summed E-state index contributed by atoms with van der Waals surface area (Å²) in [7, 11) is 1.61. The molecule has 4 nitrogen and oxygen atoms in total. The number of nitrogens with one attached hydrogen (secondary N) is 1. The monoisotopic (exact) mass is 275 g/mol. The van der Waals surface area contributed by atoms with Crippen LogP contribution in [0.15, 0.2) is 24.3 Å². The maximum Gasteiger partial charge on any atom is 0.244 e. The predicted molar refractivity (Wildman–Crippen MR) is 78.5 cm³/mol. The Hall–Kier alpha value is -1.81. The van der Waals surface area contributed by atoms with Crippen molar-refractivity contribution < 1.29 is 14.6 Å². The zero-order chi connectivity index (χ0) is 14.5. The zero-order valence-electron chi connectivity index (χ0n) is 11.9. The Balaban J connectivity index is 1.90. The number of amides is 1. The van der Waals surface area contributed by atoms with Crippen molar-refractivity contribution in [2.75, 3.05) is 13.7 Å². The Bertz CT molecular complexity index is 506. The smallest absolute Gasteiger partial charge is 0.244 e. The fraction of sp³-hybridized carbons (Fsp3) is 0.438. The van der Waals surface area contributed by atoms with Crippen LogP contribution in [0.4, 0.5) is 0 Å². The van der Waals surface area contributed by atoms with Gasteiger partial charge in [0.2, 0.25) is 5.91 Å². The fourth-order valence-electron chi connectivity index (χ4n) is 2.06. The SMILES string of the molecule is COc1ccc(C)cc1C=CC(=O)NCC(O)C1CC1. The van der Waals surface area contributed by atoms with Crippen LogP contribution in [0.5, 0.6) is 5.75 Å². The molecule has 1 unspecified atom stereocenters. The lowest BCUT2D eigenvalue weighted by atomic mass is 10.1. The van der Waals surface area contributed by atoms with Crippen LogP contribution in [-0.2, 0) is 4.79 Å². The van der Waals surface area contributed by atoms with E-state index in [2.05, 4.69) is 5.32 Å². The molecule has 0 saturated heterocycles. The minimum atomic E-state index is -0.416. The highest BCUT2D eigenvalue weighted by Gasteiger charge is 2.29. The Morgan fingerprint density at radius 2 is 2.30 bits per heavy atom. The first-order valence-electron chi connectivity index (χ1n) is 6.89. The van der Waals surface area contributed by atoms with Crippen LogP contribution in [0, 0.1) is 12.8 Å². The number of hydrogen-bond acceptors (Lipinski definition) is 3. The van der Waals surface area contributed by atoms with Gasteiger partial charge in [0.05, 0.1) is 13.2 Å². The lowest BCUT2D eigenvalue weighted by Crippen LogP contribution is -2.31. The van der Waals surface area contributed by atoms with E-state index in [1.54, 1.807) is 13.2 Å². The maximum absolute atomic E-state index is 11.7. The van der Waals surface area contributed by atoms with Crippen LogP contribution < -0.4 is 10.1 Å². The summed E-state index contributed by atoms with van der Waals surface area (Å²) in [6.07, 6.45) is 4.91. The molecule has 1 fully saturated rings. The second-order valence-corrected chi connectivity index (χ2v) is 5.23. The standard InChI is InChI=1S/C16H21NO3/c1-11-3-7-15(20-2)13(9-11)6-8-16(19)17-10-14(18)12-4-5-12/h3,6-9,12,14,18H,4-5,10H2,1-2H3,(H,17,19). The molecule has 1 aliphatic rings. The molecule has 1 atom stereocenters. The number of aryl methyl sites for hydroxylation is 1. The number of rotatable bonds is 6. The Morgan fingerprint density at radius 3 is 2.95 bits per heavy atom. The number of aliphatic hydroxyl groups excluding tert-OH is 1. The highest BCUT2D eigenvalue weighted by Crippen LogP contribution is 2.32. The van der Waals surface area contributed by atoms with Crippen molar-refractivity contribution in [2.45, 2.75) is 25.9 Å². The van der Waals surface area contributed by atoms with Gasteiger partial charge < -0.3 is 15.2 Å². The average molecular weight is 275 g/mol. The van der Waals surface area contributed by atoms with Gasteiger partial charge in [-0.1, -0.05) is 11.6 Å². The van der Waals surface area contributed by atoms with Gasteiger partial charge in [-0.15, -0.1) is 0 Å². The van der Waals surface area contributed by atoms with Crippen molar-refractivity contribution in [3.05, 3.63) is 35.4 Å². The van der Waals surface area contributed by atoms with E-state index in [-0.39, 0.29) is 5.91 Å². The van der Waals surface area contributed by atoms with Crippen LogP contribution in [0.3, 0.4) is 0 Å². The second kappa shape index (κ2) is 6.57. The van der Waals surface area contributed by atoms with Gasteiger partial charge in [-0.3, -0.25) is 4.79 Å². The molecule has 20 heavy (non-hydrogen) atoms. The summed E-state index contributed by atoms with van der Waals surface area (Å²) in [5.41, 5.74) is 1.97. The molecule has 1 aromatic carbocycles. The van der Waals surface area contributed by atoms with Crippen molar-refractivity contribution in [2.24, 2.45) is 5.92 Å². The van der Waals surface area contributed by atoms with E-state index < -0.39 is 6.10 Å². The van der Waals surface area contributed by atoms with Gasteiger partial charge in [-0.2, -0.15) is 0 Å². The molecule has 1 aliphatic carbocycles. The van der Waals surface area contributed by atoms with Crippen molar-refractivity contribution in [3.8, 4) is 5.75 Å². The van der Waals surface area contributed by atoms with Gasteiger partial charge in [0, 0.05) is 18.2 Å². The van der Waals surface area contributed by atoms with E-state index in [9.17, 15) is 9.90 Å². The third-order valence-corrected chi connectivity index (χ3v) is 3.45. The van der Waals surface area contributed by atoms with Gasteiger partial charge in [0.1, 0.15) is 5.75 Å². The lowest BCUT2D eigenvalue weighted by Gasteiger charge is -2.09. The van der Waals surface area contributed by atoms with E-state index in [1.165, 1.54) is 6.08 Å². The number of carbonyl (C=O) groups is 1. The zero-order valence-corrected chi connectivity index (χ0v) is 11.9. The first-order valence-corrected chi connectivity index (χ1v) is 6.89. The van der Waals surface area contributed by atoms with Crippen LogP contribution in [0.2, 0.25) is 0 Å². The number of benzene rings is 1. The van der Waals surface area contributed by atoms with Crippen LogP contribution in [0.1, 0.15) is 24.0 Å². The Morgan fingerprint density at radius 1 is 1.55 bits per heavy atom. The molecule has 0 aromatic heterocycles. The predicted octanol–water partition coefficient (Wildman–Crippen LogP) is 1.90. The van der Waals surface area contributed by atoms with Crippen LogP contribution in [0.25, 0.3) is 6.08 Å². The largest absolute Gasteiger partial charge is 0.496 e. The van der Waals surface area contributed by atoms with E-state index >= 15 is 0 Å². The molecule has 1 aromatic rings. The number of hydrogen-bond donors (Lipinski definition) is 2. The summed E-state index contributed by atoms with van der Waals surface area (Å²) in [6.45, 7) is 2.31. The Kier molecular flexibility index (Phi) is 4.79. The van der Waals surface area contributed by atoms with E-state index in [0.29, 0.717) is 12.5 Å². The summed E-state index contributed by atoms with van der Waals surface area (Å²) in [4.78, 5) is 11.7. The molecule has 2 rings (SSSR count). The molecule has 0 radical (unpaired) electrons. The minimum absolute atomic E-state index is 0.201. The average Bonchev–Trinajstić information content (AvgIpc) is 3.27. The molecule has 4 heteroatoms. The third-order valence-electron chi connectivity index (χ3n) is 3.45. The molecule has 0 heterocycles. The lowest BCUT2D eigenvalue weighted by molar-refractivity contribution is -0.116. The maximum atomic E-state index is 11.7. The summed E-state index contributed by atoms with van der Waals surface area (Å²) < 4.78 is 5.25. The third kappa shape index (κ3) is 4.10. The topological polar surface area (TPSA) is 58.6 Å². The second-order valence-electron chi connectivity index (χ2n) is 5.23. The fourth-order valence-corrected chi connectivity index (χ4v) is 2.06. The van der Waals surface area contributed by atoms with E-state index in [0.717, 1.165) is 29.7 Å². The van der Waals surface area contributed by atoms with E-state index in [1.807, 2.05) is 25.1 Å². The summed E-state index contributed by atoms with van der Waals surface area (Å²) >= 11 is 0. The molecule has 0 bridgehead atoms. The first kappa shape index (κ1) is 14.6. The van der Waals surface area contributed by atoms with Crippen LogP contribution in [-0.4, -0.2) is 30.8 Å². The summed E-state index contributed by atoms with van der Waals surface area (Å²) in [6, 6.07) is 5.80. The minimum Gasteiger partial charge on any atom is -0.496 e. The molecule has 2 N–H and O–H groups in total. The summed E-state index contributed by atoms with van der Waals surface area (Å²) in [5.74, 6) is 0.905. The quantitative estimate of drug-likeness (QED) is 0.780.